The summed E-state index contributed by atoms with van der Waals surface area (Å²) in [5, 5.41) is 12.1. The maximum atomic E-state index is 11.4. The van der Waals surface area contributed by atoms with Crippen LogP contribution >= 0.6 is 0 Å². The lowest BCUT2D eigenvalue weighted by molar-refractivity contribution is 0.419. The van der Waals surface area contributed by atoms with E-state index in [0.717, 1.165) is 30.6 Å². The standard InChI is InChI=1S/C15H23N3O2S/c1-4-18(21(3,19)20)9-5-8-17-12-15-7-6-14(11-16)10-13(15)2/h6-7,10,17H,4-5,8-9,12H2,1-3H3. The molecule has 0 fully saturated rings. The van der Waals surface area contributed by atoms with E-state index >= 15 is 0 Å². The first-order valence-corrected chi connectivity index (χ1v) is 8.88. The van der Waals surface area contributed by atoms with Crippen LogP contribution in [-0.2, 0) is 16.6 Å². The van der Waals surface area contributed by atoms with Gasteiger partial charge in [0, 0.05) is 19.6 Å². The smallest absolute Gasteiger partial charge is 0.211 e. The van der Waals surface area contributed by atoms with Gasteiger partial charge in [-0.05, 0) is 43.1 Å². The molecule has 5 nitrogen and oxygen atoms in total. The van der Waals surface area contributed by atoms with Gasteiger partial charge < -0.3 is 5.32 Å². The van der Waals surface area contributed by atoms with E-state index in [4.69, 9.17) is 5.26 Å². The van der Waals surface area contributed by atoms with Crippen LogP contribution in [0, 0.1) is 18.3 Å². The average Bonchev–Trinajstić information content (AvgIpc) is 2.42. The van der Waals surface area contributed by atoms with E-state index in [1.165, 1.54) is 10.6 Å². The van der Waals surface area contributed by atoms with Gasteiger partial charge in [0.25, 0.3) is 0 Å². The van der Waals surface area contributed by atoms with Gasteiger partial charge in [0.15, 0.2) is 0 Å². The van der Waals surface area contributed by atoms with Crippen LogP contribution < -0.4 is 5.32 Å². The van der Waals surface area contributed by atoms with Crippen LogP contribution in [0.25, 0.3) is 0 Å². The normalized spacial score (nSPS) is 11.6. The van der Waals surface area contributed by atoms with E-state index in [-0.39, 0.29) is 0 Å². The summed E-state index contributed by atoms with van der Waals surface area (Å²) >= 11 is 0. The molecule has 0 spiro atoms. The molecule has 0 aliphatic rings. The van der Waals surface area contributed by atoms with Crippen molar-refractivity contribution in [3.8, 4) is 6.07 Å². The van der Waals surface area contributed by atoms with Crippen molar-refractivity contribution in [2.45, 2.75) is 26.8 Å². The number of nitrogens with one attached hydrogen (secondary N) is 1. The van der Waals surface area contributed by atoms with E-state index < -0.39 is 10.0 Å². The maximum Gasteiger partial charge on any atom is 0.211 e. The Labute approximate surface area is 127 Å². The highest BCUT2D eigenvalue weighted by atomic mass is 32.2. The third-order valence-corrected chi connectivity index (χ3v) is 4.75. The Morgan fingerprint density at radius 3 is 2.62 bits per heavy atom. The van der Waals surface area contributed by atoms with Gasteiger partial charge in [0.05, 0.1) is 17.9 Å². The molecule has 0 aliphatic carbocycles. The summed E-state index contributed by atoms with van der Waals surface area (Å²) in [6, 6.07) is 7.76. The van der Waals surface area contributed by atoms with Gasteiger partial charge in [-0.2, -0.15) is 5.26 Å². The summed E-state index contributed by atoms with van der Waals surface area (Å²) in [7, 11) is -3.09. The number of hydrogen-bond acceptors (Lipinski definition) is 4. The molecule has 0 bridgehead atoms. The number of aryl methyl sites for hydroxylation is 1. The molecule has 0 unspecified atom stereocenters. The first-order chi connectivity index (χ1) is 9.88. The van der Waals surface area contributed by atoms with E-state index in [1.807, 2.05) is 32.0 Å². The van der Waals surface area contributed by atoms with Crippen LogP contribution in [0.5, 0.6) is 0 Å². The predicted octanol–water partition coefficient (Wildman–Crippen LogP) is 1.63. The Kier molecular flexibility index (Phi) is 6.82. The highest BCUT2D eigenvalue weighted by Gasteiger charge is 2.12. The van der Waals surface area contributed by atoms with Crippen molar-refractivity contribution in [2.24, 2.45) is 0 Å². The summed E-state index contributed by atoms with van der Waals surface area (Å²) in [5.74, 6) is 0. The fourth-order valence-corrected chi connectivity index (χ4v) is 3.06. The van der Waals surface area contributed by atoms with Crippen LogP contribution in [0.1, 0.15) is 30.0 Å². The van der Waals surface area contributed by atoms with Gasteiger partial charge in [0.1, 0.15) is 0 Å². The van der Waals surface area contributed by atoms with Crippen molar-refractivity contribution in [1.82, 2.24) is 9.62 Å². The molecule has 0 aliphatic heterocycles. The lowest BCUT2D eigenvalue weighted by Crippen LogP contribution is -2.32. The molecule has 0 atom stereocenters. The average molecular weight is 309 g/mol. The summed E-state index contributed by atoms with van der Waals surface area (Å²) in [6.07, 6.45) is 2.01. The van der Waals surface area contributed by atoms with Crippen LogP contribution in [-0.4, -0.2) is 38.6 Å². The van der Waals surface area contributed by atoms with Crippen molar-refractivity contribution in [1.29, 1.82) is 5.26 Å². The molecule has 21 heavy (non-hydrogen) atoms. The zero-order chi connectivity index (χ0) is 15.9. The summed E-state index contributed by atoms with van der Waals surface area (Å²) in [6.45, 7) is 6.35. The minimum Gasteiger partial charge on any atom is -0.313 e. The highest BCUT2D eigenvalue weighted by Crippen LogP contribution is 2.10. The zero-order valence-electron chi connectivity index (χ0n) is 12.9. The molecule has 1 aromatic carbocycles. The molecule has 1 N–H and O–H groups in total. The number of nitrogens with zero attached hydrogens (tertiary/aromatic N) is 2. The predicted molar refractivity (Wildman–Crippen MR) is 84.3 cm³/mol. The number of benzene rings is 1. The molecule has 6 heteroatoms. The Morgan fingerprint density at radius 1 is 1.38 bits per heavy atom. The first kappa shape index (κ1) is 17.6. The first-order valence-electron chi connectivity index (χ1n) is 7.04. The Hall–Kier alpha value is -1.42. The van der Waals surface area contributed by atoms with Gasteiger partial charge >= 0.3 is 0 Å². The zero-order valence-corrected chi connectivity index (χ0v) is 13.7. The number of nitriles is 1. The van der Waals surface area contributed by atoms with Gasteiger partial charge in [-0.1, -0.05) is 13.0 Å². The van der Waals surface area contributed by atoms with Gasteiger partial charge in [-0.25, -0.2) is 12.7 Å². The molecule has 0 aromatic heterocycles. The number of hydrogen-bond donors (Lipinski definition) is 1. The Morgan fingerprint density at radius 2 is 2.10 bits per heavy atom. The maximum absolute atomic E-state index is 11.4. The highest BCUT2D eigenvalue weighted by molar-refractivity contribution is 7.88. The second kappa shape index (κ2) is 8.13. The summed E-state index contributed by atoms with van der Waals surface area (Å²) < 4.78 is 24.3. The molecule has 1 aromatic rings. The van der Waals surface area contributed by atoms with Crippen LogP contribution in [0.4, 0.5) is 0 Å². The lowest BCUT2D eigenvalue weighted by atomic mass is 10.1. The van der Waals surface area contributed by atoms with Crippen LogP contribution in [0.3, 0.4) is 0 Å². The molecule has 0 saturated heterocycles. The molecular weight excluding hydrogens is 286 g/mol. The molecule has 0 radical (unpaired) electrons. The molecule has 116 valence electrons. The second-order valence-electron chi connectivity index (χ2n) is 5.04. The van der Waals surface area contributed by atoms with Gasteiger partial charge in [0.2, 0.25) is 10.0 Å². The SMILES string of the molecule is CCN(CCCNCc1ccc(C#N)cc1C)S(C)(=O)=O. The molecule has 0 amide bonds. The third kappa shape index (κ3) is 5.84. The fraction of sp³-hybridized carbons (Fsp3) is 0.533. The molecule has 0 heterocycles. The van der Waals surface area contributed by atoms with Crippen molar-refractivity contribution in [3.63, 3.8) is 0 Å². The van der Waals surface area contributed by atoms with E-state index in [9.17, 15) is 8.42 Å². The summed E-state index contributed by atoms with van der Waals surface area (Å²) in [5.41, 5.74) is 2.92. The minimum atomic E-state index is -3.09. The second-order valence-corrected chi connectivity index (χ2v) is 7.02. The monoisotopic (exact) mass is 309 g/mol. The van der Waals surface area contributed by atoms with Crippen molar-refractivity contribution >= 4 is 10.0 Å². The number of rotatable bonds is 8. The van der Waals surface area contributed by atoms with Crippen molar-refractivity contribution < 1.29 is 8.42 Å². The molecule has 1 rings (SSSR count). The number of sulfonamides is 1. The van der Waals surface area contributed by atoms with Crippen molar-refractivity contribution in [3.05, 3.63) is 34.9 Å². The minimum absolute atomic E-state index is 0.508. The largest absolute Gasteiger partial charge is 0.313 e. The summed E-state index contributed by atoms with van der Waals surface area (Å²) in [4.78, 5) is 0. The van der Waals surface area contributed by atoms with E-state index in [0.29, 0.717) is 18.7 Å². The third-order valence-electron chi connectivity index (χ3n) is 3.37. The molecular formula is C15H23N3O2S. The van der Waals surface area contributed by atoms with E-state index in [2.05, 4.69) is 11.4 Å². The van der Waals surface area contributed by atoms with Crippen LogP contribution in [0.2, 0.25) is 0 Å². The Bertz CT molecular complexity index is 606. The lowest BCUT2D eigenvalue weighted by Gasteiger charge is -2.17. The van der Waals surface area contributed by atoms with Gasteiger partial charge in [-0.15, -0.1) is 0 Å². The van der Waals surface area contributed by atoms with Gasteiger partial charge in [-0.3, -0.25) is 0 Å². The fourth-order valence-electron chi connectivity index (χ4n) is 2.13. The molecule has 0 saturated carbocycles. The topological polar surface area (TPSA) is 73.2 Å². The van der Waals surface area contributed by atoms with Crippen molar-refractivity contribution in [2.75, 3.05) is 25.9 Å². The Balaban J connectivity index is 2.37. The quantitative estimate of drug-likeness (QED) is 0.741. The van der Waals surface area contributed by atoms with Crippen LogP contribution in [0.15, 0.2) is 18.2 Å². The van der Waals surface area contributed by atoms with E-state index in [1.54, 1.807) is 0 Å².